The van der Waals surface area contributed by atoms with Gasteiger partial charge in [-0.15, -0.1) is 0 Å². The van der Waals surface area contributed by atoms with Gasteiger partial charge in [-0.25, -0.2) is 0 Å². The molecule has 94 valence electrons. The zero-order valence-electron chi connectivity index (χ0n) is 11.0. The molecular weight excluding hydrogens is 208 g/mol. The highest BCUT2D eigenvalue weighted by Crippen LogP contribution is 2.21. The normalized spacial score (nSPS) is 20.7. The summed E-state index contributed by atoms with van der Waals surface area (Å²) in [5, 5.41) is 7.12. The molecule has 2 heteroatoms. The standard InChI is InChI=1S/C15H24N2/c1-15(2,13-7-4-3-5-8-13)12-16-11-14-9-6-10-17-14/h3-5,7-8,14,16-17H,6,9-12H2,1-2H3. The molecule has 1 unspecified atom stereocenters. The van der Waals surface area contributed by atoms with Crippen molar-refractivity contribution < 1.29 is 0 Å². The van der Waals surface area contributed by atoms with Gasteiger partial charge in [-0.3, -0.25) is 0 Å². The topological polar surface area (TPSA) is 24.1 Å². The third kappa shape index (κ3) is 3.55. The van der Waals surface area contributed by atoms with E-state index in [1.54, 1.807) is 0 Å². The van der Waals surface area contributed by atoms with E-state index in [0.717, 1.165) is 13.1 Å². The largest absolute Gasteiger partial charge is 0.314 e. The maximum absolute atomic E-state index is 3.60. The Labute approximate surface area is 105 Å². The molecule has 0 aromatic heterocycles. The second-order valence-electron chi connectivity index (χ2n) is 5.67. The first-order chi connectivity index (χ1) is 8.18. The molecule has 1 atom stereocenters. The van der Waals surface area contributed by atoms with Crippen LogP contribution in [0.2, 0.25) is 0 Å². The number of hydrogen-bond donors (Lipinski definition) is 2. The smallest absolute Gasteiger partial charge is 0.0192 e. The average molecular weight is 232 g/mol. The molecule has 1 aliphatic rings. The van der Waals surface area contributed by atoms with Crippen molar-refractivity contribution in [2.24, 2.45) is 0 Å². The molecule has 0 amide bonds. The molecule has 1 heterocycles. The Bertz CT molecular complexity index is 326. The van der Waals surface area contributed by atoms with E-state index in [0.29, 0.717) is 6.04 Å². The van der Waals surface area contributed by atoms with E-state index in [-0.39, 0.29) is 5.41 Å². The molecule has 0 spiro atoms. The van der Waals surface area contributed by atoms with Gasteiger partial charge in [-0.1, -0.05) is 44.2 Å². The molecule has 17 heavy (non-hydrogen) atoms. The maximum Gasteiger partial charge on any atom is 0.0192 e. The predicted molar refractivity (Wildman–Crippen MR) is 73.4 cm³/mol. The minimum absolute atomic E-state index is 0.208. The van der Waals surface area contributed by atoms with Crippen LogP contribution in [-0.2, 0) is 5.41 Å². The van der Waals surface area contributed by atoms with Crippen LogP contribution in [0.5, 0.6) is 0 Å². The quantitative estimate of drug-likeness (QED) is 0.814. The summed E-state index contributed by atoms with van der Waals surface area (Å²) in [4.78, 5) is 0. The van der Waals surface area contributed by atoms with E-state index in [1.165, 1.54) is 24.9 Å². The number of rotatable bonds is 5. The van der Waals surface area contributed by atoms with Gasteiger partial charge in [0.2, 0.25) is 0 Å². The van der Waals surface area contributed by atoms with Gasteiger partial charge in [0, 0.05) is 24.5 Å². The Hall–Kier alpha value is -0.860. The summed E-state index contributed by atoms with van der Waals surface area (Å²) in [5.41, 5.74) is 1.62. The van der Waals surface area contributed by atoms with Crippen molar-refractivity contribution in [2.45, 2.75) is 38.1 Å². The van der Waals surface area contributed by atoms with E-state index in [9.17, 15) is 0 Å². The Morgan fingerprint density at radius 1 is 1.29 bits per heavy atom. The number of benzene rings is 1. The molecular formula is C15H24N2. The highest BCUT2D eigenvalue weighted by atomic mass is 15.0. The van der Waals surface area contributed by atoms with Crippen LogP contribution in [0.15, 0.2) is 30.3 Å². The first kappa shape index (κ1) is 12.6. The number of hydrogen-bond acceptors (Lipinski definition) is 2. The van der Waals surface area contributed by atoms with E-state index < -0.39 is 0 Å². The van der Waals surface area contributed by atoms with Crippen molar-refractivity contribution in [1.82, 2.24) is 10.6 Å². The van der Waals surface area contributed by atoms with Crippen LogP contribution in [0.4, 0.5) is 0 Å². The molecule has 0 radical (unpaired) electrons. The Morgan fingerprint density at radius 2 is 2.06 bits per heavy atom. The lowest BCUT2D eigenvalue weighted by Crippen LogP contribution is -2.40. The first-order valence-corrected chi connectivity index (χ1v) is 6.68. The summed E-state index contributed by atoms with van der Waals surface area (Å²) in [6.45, 7) is 7.93. The fraction of sp³-hybridized carbons (Fsp3) is 0.600. The van der Waals surface area contributed by atoms with E-state index in [1.807, 2.05) is 0 Å². The van der Waals surface area contributed by atoms with Crippen LogP contribution in [0.3, 0.4) is 0 Å². The molecule has 0 aliphatic carbocycles. The fourth-order valence-electron chi connectivity index (χ4n) is 2.48. The fourth-order valence-corrected chi connectivity index (χ4v) is 2.48. The number of nitrogens with one attached hydrogen (secondary N) is 2. The van der Waals surface area contributed by atoms with Crippen molar-refractivity contribution in [2.75, 3.05) is 19.6 Å². The Balaban J connectivity index is 1.80. The molecule has 1 aliphatic heterocycles. The van der Waals surface area contributed by atoms with E-state index >= 15 is 0 Å². The van der Waals surface area contributed by atoms with Crippen LogP contribution < -0.4 is 10.6 Å². The van der Waals surface area contributed by atoms with E-state index in [2.05, 4.69) is 54.8 Å². The van der Waals surface area contributed by atoms with Gasteiger partial charge < -0.3 is 10.6 Å². The molecule has 2 rings (SSSR count). The summed E-state index contributed by atoms with van der Waals surface area (Å²) in [6.07, 6.45) is 2.65. The summed E-state index contributed by atoms with van der Waals surface area (Å²) >= 11 is 0. The van der Waals surface area contributed by atoms with Crippen molar-refractivity contribution in [3.05, 3.63) is 35.9 Å². The monoisotopic (exact) mass is 232 g/mol. The van der Waals surface area contributed by atoms with Gasteiger partial charge in [0.1, 0.15) is 0 Å². The summed E-state index contributed by atoms with van der Waals surface area (Å²) < 4.78 is 0. The van der Waals surface area contributed by atoms with Crippen LogP contribution in [0.25, 0.3) is 0 Å². The van der Waals surface area contributed by atoms with Crippen LogP contribution in [0.1, 0.15) is 32.3 Å². The highest BCUT2D eigenvalue weighted by Gasteiger charge is 2.21. The SMILES string of the molecule is CC(C)(CNCC1CCCN1)c1ccccc1. The molecule has 0 bridgehead atoms. The molecule has 0 saturated carbocycles. The van der Waals surface area contributed by atoms with Gasteiger partial charge in [0.05, 0.1) is 0 Å². The van der Waals surface area contributed by atoms with Gasteiger partial charge in [-0.2, -0.15) is 0 Å². The average Bonchev–Trinajstić information content (AvgIpc) is 2.83. The van der Waals surface area contributed by atoms with Crippen molar-refractivity contribution >= 4 is 0 Å². The zero-order chi connectivity index (χ0) is 12.1. The van der Waals surface area contributed by atoms with Gasteiger partial charge >= 0.3 is 0 Å². The molecule has 1 aromatic carbocycles. The third-order valence-electron chi connectivity index (χ3n) is 3.68. The lowest BCUT2D eigenvalue weighted by atomic mass is 9.84. The van der Waals surface area contributed by atoms with Crippen LogP contribution in [-0.4, -0.2) is 25.7 Å². The second-order valence-corrected chi connectivity index (χ2v) is 5.67. The lowest BCUT2D eigenvalue weighted by molar-refractivity contribution is 0.442. The minimum atomic E-state index is 0.208. The maximum atomic E-state index is 3.60. The third-order valence-corrected chi connectivity index (χ3v) is 3.68. The molecule has 2 nitrogen and oxygen atoms in total. The zero-order valence-corrected chi connectivity index (χ0v) is 11.0. The molecule has 1 aromatic rings. The van der Waals surface area contributed by atoms with Gasteiger partial charge in [-0.05, 0) is 24.9 Å². The summed E-state index contributed by atoms with van der Waals surface area (Å²) in [6, 6.07) is 11.4. The second kappa shape index (κ2) is 5.65. The van der Waals surface area contributed by atoms with Crippen molar-refractivity contribution in [3.63, 3.8) is 0 Å². The molecule has 1 fully saturated rings. The lowest BCUT2D eigenvalue weighted by Gasteiger charge is -2.26. The first-order valence-electron chi connectivity index (χ1n) is 6.68. The summed E-state index contributed by atoms with van der Waals surface area (Å²) in [7, 11) is 0. The molecule has 1 saturated heterocycles. The minimum Gasteiger partial charge on any atom is -0.314 e. The molecule has 2 N–H and O–H groups in total. The summed E-state index contributed by atoms with van der Waals surface area (Å²) in [5.74, 6) is 0. The van der Waals surface area contributed by atoms with Gasteiger partial charge in [0.25, 0.3) is 0 Å². The van der Waals surface area contributed by atoms with Gasteiger partial charge in [0.15, 0.2) is 0 Å². The van der Waals surface area contributed by atoms with Crippen LogP contribution >= 0.6 is 0 Å². The van der Waals surface area contributed by atoms with Crippen LogP contribution in [0, 0.1) is 0 Å². The Kier molecular flexibility index (Phi) is 4.19. The predicted octanol–water partition coefficient (Wildman–Crippen LogP) is 2.31. The van der Waals surface area contributed by atoms with E-state index in [4.69, 9.17) is 0 Å². The van der Waals surface area contributed by atoms with Crippen molar-refractivity contribution in [3.8, 4) is 0 Å². The van der Waals surface area contributed by atoms with Crippen molar-refractivity contribution in [1.29, 1.82) is 0 Å². The highest BCUT2D eigenvalue weighted by molar-refractivity contribution is 5.23. The Morgan fingerprint density at radius 3 is 2.71 bits per heavy atom.